The first kappa shape index (κ1) is 38.9. The number of nitriles is 1. The number of aromatic nitrogens is 3. The van der Waals surface area contributed by atoms with Crippen LogP contribution >= 0.6 is 0 Å². The van der Waals surface area contributed by atoms with E-state index in [0.29, 0.717) is 29.2 Å². The molecule has 3 amide bonds. The summed E-state index contributed by atoms with van der Waals surface area (Å²) in [5.74, 6) is 6.40. The van der Waals surface area contributed by atoms with Gasteiger partial charge in [0.1, 0.15) is 24.5 Å². The normalized spacial score (nSPS) is 20.0. The number of nitrogens with one attached hydrogen (secondary N) is 1. The lowest BCUT2D eigenvalue weighted by Crippen LogP contribution is -2.52. The second-order valence-electron chi connectivity index (χ2n) is 16.4. The van der Waals surface area contributed by atoms with Crippen LogP contribution in [0.3, 0.4) is 0 Å². The van der Waals surface area contributed by atoms with Crippen molar-refractivity contribution in [2.75, 3.05) is 24.6 Å². The van der Waals surface area contributed by atoms with Crippen molar-refractivity contribution in [1.29, 1.82) is 5.26 Å². The van der Waals surface area contributed by atoms with Gasteiger partial charge < -0.3 is 28.6 Å². The lowest BCUT2D eigenvalue weighted by molar-refractivity contribution is -0.136. The number of anilines is 1. The number of pyridine rings is 2. The van der Waals surface area contributed by atoms with E-state index in [1.54, 1.807) is 24.3 Å². The number of aryl methyl sites for hydroxylation is 1. The number of rotatable bonds is 9. The Labute approximate surface area is 358 Å². The number of ether oxygens (including phenoxy) is 3. The summed E-state index contributed by atoms with van der Waals surface area (Å²) >= 11 is 0. The average molecular weight is 826 g/mol. The highest BCUT2D eigenvalue weighted by Crippen LogP contribution is 2.35. The Balaban J connectivity index is 0.681. The molecule has 0 bridgehead atoms. The van der Waals surface area contributed by atoms with Gasteiger partial charge in [0.2, 0.25) is 17.7 Å². The van der Waals surface area contributed by atoms with Gasteiger partial charge in [-0.25, -0.2) is 4.98 Å². The molecule has 1 aliphatic carbocycles. The van der Waals surface area contributed by atoms with Crippen molar-refractivity contribution in [2.45, 2.75) is 69.4 Å². The number of benzene rings is 3. The molecular weight excluding hydrogens is 783 g/mol. The fraction of sp³-hybridized carbons (Fsp3) is 0.306. The van der Waals surface area contributed by atoms with Crippen LogP contribution in [0.1, 0.15) is 65.6 Å². The van der Waals surface area contributed by atoms with Crippen LogP contribution < -0.4 is 19.7 Å². The highest BCUT2D eigenvalue weighted by molar-refractivity contribution is 6.08. The lowest BCUT2D eigenvalue weighted by atomic mass is 9.91. The van der Waals surface area contributed by atoms with Gasteiger partial charge in [0.05, 0.1) is 29.4 Å². The number of amides is 3. The van der Waals surface area contributed by atoms with Gasteiger partial charge in [0.15, 0.2) is 0 Å². The zero-order valence-electron chi connectivity index (χ0n) is 34.2. The van der Waals surface area contributed by atoms with Gasteiger partial charge in [-0.15, -0.1) is 0 Å². The summed E-state index contributed by atoms with van der Waals surface area (Å²) < 4.78 is 20.8. The van der Waals surface area contributed by atoms with E-state index in [2.05, 4.69) is 74.0 Å². The lowest BCUT2D eigenvalue weighted by Gasteiger charge is -2.40. The first-order valence-corrected chi connectivity index (χ1v) is 21.1. The second-order valence-corrected chi connectivity index (χ2v) is 16.4. The number of fused-ring (bicyclic) bond motifs is 4. The molecule has 6 aromatic rings. The molecule has 3 aromatic carbocycles. The molecule has 1 atom stereocenters. The predicted molar refractivity (Wildman–Crippen MR) is 231 cm³/mol. The highest BCUT2D eigenvalue weighted by atomic mass is 16.5. The monoisotopic (exact) mass is 825 g/mol. The summed E-state index contributed by atoms with van der Waals surface area (Å²) in [5, 5.41) is 14.5. The van der Waals surface area contributed by atoms with E-state index in [1.165, 1.54) is 10.3 Å². The standard InChI is InChI=1S/C49H43N7O6/c1-54-43-12-15-51-28-42(43)41-7-4-32(23-45(41)54)33-5-11-47(52-27-33)62-39-24-38(25-39)61-36-13-16-55(17-14-36)35-20-30(19-31(21-35)26-50)3-2-18-60-37-6-8-40-34(22-37)29-56(49(40)59)44-9-10-46(57)53-48(44)58/h4-8,11-12,15,19-23,27-28,36,38-39,44H,9-10,13-14,16-18,24-25,29H2,1H3,(H,53,57,58). The van der Waals surface area contributed by atoms with Gasteiger partial charge in [-0.2, -0.15) is 5.26 Å². The number of hydrogen-bond donors (Lipinski definition) is 1. The second kappa shape index (κ2) is 16.3. The molecule has 0 radical (unpaired) electrons. The van der Waals surface area contributed by atoms with Crippen LogP contribution in [-0.4, -0.2) is 81.2 Å². The summed E-state index contributed by atoms with van der Waals surface area (Å²) in [6.45, 7) is 2.00. The van der Waals surface area contributed by atoms with Gasteiger partial charge >= 0.3 is 0 Å². The minimum absolute atomic E-state index is 0.0785. The van der Waals surface area contributed by atoms with Crippen LogP contribution in [-0.2, 0) is 27.9 Å². The molecule has 1 N–H and O–H groups in total. The molecule has 0 spiro atoms. The molecule has 310 valence electrons. The smallest absolute Gasteiger partial charge is 0.255 e. The van der Waals surface area contributed by atoms with Crippen molar-refractivity contribution in [3.8, 4) is 40.7 Å². The number of piperidine rings is 2. The van der Waals surface area contributed by atoms with Crippen LogP contribution in [0, 0.1) is 23.2 Å². The van der Waals surface area contributed by atoms with Gasteiger partial charge in [0, 0.05) is 109 Å². The molecule has 13 heteroatoms. The minimum Gasteiger partial charge on any atom is -0.481 e. The Morgan fingerprint density at radius 2 is 1.68 bits per heavy atom. The average Bonchev–Trinajstić information content (AvgIpc) is 3.76. The summed E-state index contributed by atoms with van der Waals surface area (Å²) in [4.78, 5) is 49.7. The Hall–Kier alpha value is -7.22. The maximum absolute atomic E-state index is 13.0. The summed E-state index contributed by atoms with van der Waals surface area (Å²) in [5.41, 5.74) is 7.96. The van der Waals surface area contributed by atoms with Crippen LogP contribution in [0.25, 0.3) is 32.9 Å². The molecule has 10 rings (SSSR count). The quantitative estimate of drug-likeness (QED) is 0.127. The molecule has 2 saturated heterocycles. The number of imide groups is 1. The fourth-order valence-electron chi connectivity index (χ4n) is 9.10. The molecule has 13 nitrogen and oxygen atoms in total. The Morgan fingerprint density at radius 1 is 0.839 bits per heavy atom. The van der Waals surface area contributed by atoms with Crippen LogP contribution in [0.4, 0.5) is 5.69 Å². The Morgan fingerprint density at radius 3 is 2.48 bits per heavy atom. The topological polar surface area (TPSA) is 152 Å². The fourth-order valence-corrected chi connectivity index (χ4v) is 9.10. The zero-order chi connectivity index (χ0) is 42.3. The molecule has 1 unspecified atom stereocenters. The van der Waals surface area contributed by atoms with E-state index in [9.17, 15) is 19.6 Å². The molecule has 1 saturated carbocycles. The predicted octanol–water partition coefficient (Wildman–Crippen LogP) is 6.45. The van der Waals surface area contributed by atoms with Gasteiger partial charge in [-0.3, -0.25) is 24.7 Å². The van der Waals surface area contributed by atoms with Crippen LogP contribution in [0.5, 0.6) is 11.6 Å². The van der Waals surface area contributed by atoms with Crippen molar-refractivity contribution in [3.05, 3.63) is 114 Å². The summed E-state index contributed by atoms with van der Waals surface area (Å²) in [7, 11) is 2.08. The summed E-state index contributed by atoms with van der Waals surface area (Å²) in [6.07, 6.45) is 9.98. The van der Waals surface area contributed by atoms with Crippen LogP contribution in [0.15, 0.2) is 91.4 Å². The van der Waals surface area contributed by atoms with Gasteiger partial charge in [-0.1, -0.05) is 24.0 Å². The Bertz CT molecular complexity index is 2860. The number of hydrogen-bond acceptors (Lipinski definition) is 10. The maximum atomic E-state index is 13.0. The molecule has 3 fully saturated rings. The first-order chi connectivity index (χ1) is 30.3. The third-order valence-corrected chi connectivity index (χ3v) is 12.5. The van der Waals surface area contributed by atoms with E-state index >= 15 is 0 Å². The molecule has 62 heavy (non-hydrogen) atoms. The van der Waals surface area contributed by atoms with Crippen molar-refractivity contribution >= 4 is 45.2 Å². The molecule has 6 heterocycles. The van der Waals surface area contributed by atoms with E-state index in [-0.39, 0.29) is 49.7 Å². The minimum atomic E-state index is -0.670. The summed E-state index contributed by atoms with van der Waals surface area (Å²) in [6, 6.07) is 25.1. The Kier molecular flexibility index (Phi) is 10.3. The number of carbonyl (C=O) groups excluding carboxylic acids is 3. The van der Waals surface area contributed by atoms with Gasteiger partial charge in [0.25, 0.3) is 5.91 Å². The zero-order valence-corrected chi connectivity index (χ0v) is 34.2. The first-order valence-electron chi connectivity index (χ1n) is 21.1. The third kappa shape index (κ3) is 7.68. The molecule has 3 aromatic heterocycles. The van der Waals surface area contributed by atoms with Crippen LogP contribution in [0.2, 0.25) is 0 Å². The van der Waals surface area contributed by atoms with E-state index in [4.69, 9.17) is 14.2 Å². The van der Waals surface area contributed by atoms with E-state index < -0.39 is 11.9 Å². The van der Waals surface area contributed by atoms with Crippen molar-refractivity contribution in [3.63, 3.8) is 0 Å². The molecular formula is C49H43N7O6. The van der Waals surface area contributed by atoms with Crippen molar-refractivity contribution < 1.29 is 28.6 Å². The SMILES string of the molecule is Cn1c2ccncc2c2ccc(-c3ccc(OC4CC(OC5CCN(c6cc(C#N)cc(C#CCOc7ccc8c(c7)CN(C7CCC(=O)NC7=O)C8=O)c6)CC5)C4)nc3)cc21. The van der Waals surface area contributed by atoms with E-state index in [0.717, 1.165) is 83.1 Å². The maximum Gasteiger partial charge on any atom is 0.255 e. The third-order valence-electron chi connectivity index (χ3n) is 12.5. The number of carbonyl (C=O) groups is 3. The highest BCUT2D eigenvalue weighted by Gasteiger charge is 2.39. The van der Waals surface area contributed by atoms with Crippen molar-refractivity contribution in [1.82, 2.24) is 24.8 Å². The molecule has 3 aliphatic heterocycles. The number of nitrogens with zero attached hydrogens (tertiary/aromatic N) is 6. The molecule has 4 aliphatic rings. The van der Waals surface area contributed by atoms with E-state index in [1.807, 2.05) is 42.9 Å². The largest absolute Gasteiger partial charge is 0.481 e. The van der Waals surface area contributed by atoms with Gasteiger partial charge in [-0.05, 0) is 85.0 Å². The van der Waals surface area contributed by atoms with Crippen molar-refractivity contribution in [2.24, 2.45) is 7.05 Å².